The summed E-state index contributed by atoms with van der Waals surface area (Å²) in [7, 11) is 0. The van der Waals surface area contributed by atoms with Gasteiger partial charge in [-0.05, 0) is 37.1 Å². The van der Waals surface area contributed by atoms with Crippen LogP contribution in [0.5, 0.6) is 0 Å². The van der Waals surface area contributed by atoms with Crippen LogP contribution in [0.4, 0.5) is 11.6 Å². The summed E-state index contributed by atoms with van der Waals surface area (Å²) >= 11 is 0. The maximum atomic E-state index is 11.8. The number of hydrogen-bond acceptors (Lipinski definition) is 5. The average Bonchev–Trinajstić information content (AvgIpc) is 3.35. The van der Waals surface area contributed by atoms with E-state index in [1.807, 2.05) is 12.1 Å². The van der Waals surface area contributed by atoms with E-state index in [2.05, 4.69) is 15.4 Å². The van der Waals surface area contributed by atoms with Gasteiger partial charge in [-0.25, -0.2) is 4.52 Å². The third-order valence-electron chi connectivity index (χ3n) is 3.92. The number of nitro benzene ring substituents is 1. The number of amides is 1. The molecule has 1 aliphatic carbocycles. The first kappa shape index (κ1) is 14.3. The summed E-state index contributed by atoms with van der Waals surface area (Å²) in [4.78, 5) is 26.5. The molecule has 120 valence electrons. The van der Waals surface area contributed by atoms with Gasteiger partial charge in [-0.2, -0.15) is 4.98 Å². The summed E-state index contributed by atoms with van der Waals surface area (Å²) in [5.74, 6) is 0.287. The number of nitrogens with zero attached hydrogens (tertiary/aromatic N) is 4. The van der Waals surface area contributed by atoms with Crippen molar-refractivity contribution in [2.45, 2.75) is 12.8 Å². The monoisotopic (exact) mass is 323 g/mol. The van der Waals surface area contributed by atoms with E-state index < -0.39 is 4.92 Å². The number of nitro groups is 1. The van der Waals surface area contributed by atoms with Crippen molar-refractivity contribution in [3.05, 3.63) is 52.6 Å². The molecular formula is C16H13N5O3. The molecule has 2 heterocycles. The maximum Gasteiger partial charge on any atom is 0.269 e. The molecule has 1 N–H and O–H groups in total. The van der Waals surface area contributed by atoms with Gasteiger partial charge in [0.15, 0.2) is 5.65 Å². The minimum atomic E-state index is -0.439. The van der Waals surface area contributed by atoms with Crippen LogP contribution in [0.1, 0.15) is 12.8 Å². The Morgan fingerprint density at radius 2 is 1.96 bits per heavy atom. The van der Waals surface area contributed by atoms with Gasteiger partial charge in [-0.3, -0.25) is 20.2 Å². The summed E-state index contributed by atoms with van der Waals surface area (Å²) in [6.45, 7) is 0. The zero-order chi connectivity index (χ0) is 16.7. The number of benzene rings is 1. The lowest BCUT2D eigenvalue weighted by atomic mass is 10.1. The molecule has 1 aromatic carbocycles. The summed E-state index contributed by atoms with van der Waals surface area (Å²) in [5, 5.41) is 17.8. The van der Waals surface area contributed by atoms with Crippen LogP contribution in [0, 0.1) is 16.0 Å². The zero-order valence-electron chi connectivity index (χ0n) is 12.5. The highest BCUT2D eigenvalue weighted by Crippen LogP contribution is 2.30. The Bertz CT molecular complexity index is 944. The minimum Gasteiger partial charge on any atom is -0.293 e. The minimum absolute atomic E-state index is 0.0295. The van der Waals surface area contributed by atoms with Crippen molar-refractivity contribution in [1.82, 2.24) is 14.6 Å². The Hall–Kier alpha value is -3.29. The van der Waals surface area contributed by atoms with Crippen LogP contribution >= 0.6 is 0 Å². The fourth-order valence-corrected chi connectivity index (χ4v) is 2.49. The topological polar surface area (TPSA) is 102 Å². The summed E-state index contributed by atoms with van der Waals surface area (Å²) in [6, 6.07) is 11.7. The Balaban J connectivity index is 1.70. The predicted octanol–water partition coefficient (Wildman–Crippen LogP) is 2.65. The van der Waals surface area contributed by atoms with Crippen molar-refractivity contribution in [1.29, 1.82) is 0 Å². The molecule has 0 atom stereocenters. The molecule has 1 fully saturated rings. The van der Waals surface area contributed by atoms with Crippen LogP contribution in [0.15, 0.2) is 42.5 Å². The van der Waals surface area contributed by atoms with Crippen LogP contribution in [-0.4, -0.2) is 25.4 Å². The van der Waals surface area contributed by atoms with Crippen molar-refractivity contribution < 1.29 is 9.72 Å². The van der Waals surface area contributed by atoms with E-state index in [4.69, 9.17) is 0 Å². The number of carbonyl (C=O) groups excluding carboxylic acids is 1. The molecular weight excluding hydrogens is 310 g/mol. The standard InChI is InChI=1S/C16H13N5O3/c22-15(11-4-5-11)18-16-17-14-3-1-2-13(20(14)19-16)10-6-8-12(9-7-10)21(23)24/h1-3,6-9,11H,4-5H2,(H,18,19,22). The van der Waals surface area contributed by atoms with Crippen LogP contribution in [0.25, 0.3) is 16.9 Å². The normalized spacial score (nSPS) is 13.8. The number of aromatic nitrogens is 3. The van der Waals surface area contributed by atoms with Crippen molar-refractivity contribution in [3.8, 4) is 11.3 Å². The highest BCUT2D eigenvalue weighted by Gasteiger charge is 2.30. The highest BCUT2D eigenvalue weighted by molar-refractivity contribution is 5.92. The average molecular weight is 323 g/mol. The molecule has 8 heteroatoms. The molecule has 0 saturated heterocycles. The number of rotatable bonds is 4. The molecule has 1 aliphatic rings. The quantitative estimate of drug-likeness (QED) is 0.587. The molecule has 4 rings (SSSR count). The lowest BCUT2D eigenvalue weighted by Crippen LogP contribution is -2.14. The number of non-ortho nitro benzene ring substituents is 1. The second-order valence-electron chi connectivity index (χ2n) is 5.68. The molecule has 0 spiro atoms. The number of fused-ring (bicyclic) bond motifs is 1. The van der Waals surface area contributed by atoms with E-state index in [1.54, 1.807) is 22.7 Å². The molecule has 1 amide bonds. The van der Waals surface area contributed by atoms with Gasteiger partial charge < -0.3 is 0 Å². The molecule has 0 radical (unpaired) electrons. The first-order valence-electron chi connectivity index (χ1n) is 7.53. The van der Waals surface area contributed by atoms with E-state index in [-0.39, 0.29) is 23.5 Å². The summed E-state index contributed by atoms with van der Waals surface area (Å²) in [5.41, 5.74) is 2.14. The van der Waals surface area contributed by atoms with E-state index in [0.717, 1.165) is 24.1 Å². The lowest BCUT2D eigenvalue weighted by molar-refractivity contribution is -0.384. The second kappa shape index (κ2) is 5.41. The van der Waals surface area contributed by atoms with Crippen molar-refractivity contribution >= 4 is 23.2 Å². The van der Waals surface area contributed by atoms with E-state index >= 15 is 0 Å². The molecule has 0 bridgehead atoms. The smallest absolute Gasteiger partial charge is 0.269 e. The van der Waals surface area contributed by atoms with E-state index in [9.17, 15) is 14.9 Å². The first-order valence-corrected chi connectivity index (χ1v) is 7.53. The fourth-order valence-electron chi connectivity index (χ4n) is 2.49. The fraction of sp³-hybridized carbons (Fsp3) is 0.188. The van der Waals surface area contributed by atoms with E-state index in [0.29, 0.717) is 5.65 Å². The number of anilines is 1. The highest BCUT2D eigenvalue weighted by atomic mass is 16.6. The first-order chi connectivity index (χ1) is 11.6. The van der Waals surface area contributed by atoms with Gasteiger partial charge in [0.25, 0.3) is 5.69 Å². The third-order valence-corrected chi connectivity index (χ3v) is 3.92. The van der Waals surface area contributed by atoms with Gasteiger partial charge in [0.1, 0.15) is 0 Å². The Labute approximate surface area is 136 Å². The van der Waals surface area contributed by atoms with Gasteiger partial charge >= 0.3 is 0 Å². The molecule has 2 aromatic heterocycles. The molecule has 0 unspecified atom stereocenters. The van der Waals surface area contributed by atoms with E-state index in [1.165, 1.54) is 12.1 Å². The van der Waals surface area contributed by atoms with Gasteiger partial charge in [0.05, 0.1) is 10.6 Å². The Morgan fingerprint density at radius 1 is 1.21 bits per heavy atom. The van der Waals surface area contributed by atoms with Gasteiger partial charge in [-0.1, -0.05) is 6.07 Å². The molecule has 1 saturated carbocycles. The Kier molecular flexibility index (Phi) is 3.23. The molecule has 0 aliphatic heterocycles. The summed E-state index contributed by atoms with van der Waals surface area (Å²) < 4.78 is 1.61. The third kappa shape index (κ3) is 2.58. The van der Waals surface area contributed by atoms with Crippen molar-refractivity contribution in [2.75, 3.05) is 5.32 Å². The molecule has 8 nitrogen and oxygen atoms in total. The number of nitrogens with one attached hydrogen (secondary N) is 1. The predicted molar refractivity (Wildman–Crippen MR) is 86.4 cm³/mol. The largest absolute Gasteiger partial charge is 0.293 e. The number of hydrogen-bond donors (Lipinski definition) is 1. The lowest BCUT2D eigenvalue weighted by Gasteiger charge is -2.03. The zero-order valence-corrected chi connectivity index (χ0v) is 12.5. The van der Waals surface area contributed by atoms with Crippen molar-refractivity contribution in [3.63, 3.8) is 0 Å². The number of carbonyl (C=O) groups is 1. The van der Waals surface area contributed by atoms with Crippen LogP contribution < -0.4 is 5.32 Å². The molecule has 24 heavy (non-hydrogen) atoms. The van der Waals surface area contributed by atoms with Crippen LogP contribution in [0.3, 0.4) is 0 Å². The SMILES string of the molecule is O=C(Nc1nc2cccc(-c3ccc([N+](=O)[O-])cc3)n2n1)C1CC1. The number of pyridine rings is 1. The molecule has 3 aromatic rings. The maximum absolute atomic E-state index is 11.8. The van der Waals surface area contributed by atoms with Gasteiger partial charge in [-0.15, -0.1) is 5.10 Å². The Morgan fingerprint density at radius 3 is 2.62 bits per heavy atom. The van der Waals surface area contributed by atoms with Crippen LogP contribution in [-0.2, 0) is 4.79 Å². The van der Waals surface area contributed by atoms with Crippen LogP contribution in [0.2, 0.25) is 0 Å². The van der Waals surface area contributed by atoms with Crippen molar-refractivity contribution in [2.24, 2.45) is 5.92 Å². The van der Waals surface area contributed by atoms with Gasteiger partial charge in [0, 0.05) is 23.6 Å². The summed E-state index contributed by atoms with van der Waals surface area (Å²) in [6.07, 6.45) is 1.82. The second-order valence-corrected chi connectivity index (χ2v) is 5.68. The van der Waals surface area contributed by atoms with Gasteiger partial charge in [0.2, 0.25) is 11.9 Å².